The number of nitrogens with one attached hydrogen (secondary N) is 4. The molecular weight excluding hydrogens is 660 g/mol. The molecule has 0 saturated carbocycles. The summed E-state index contributed by atoms with van der Waals surface area (Å²) in [4.78, 5) is 84.5. The van der Waals surface area contributed by atoms with Crippen LogP contribution in [0.4, 0.5) is 21.0 Å². The molecule has 1 unspecified atom stereocenters. The smallest absolute Gasteiger partial charge is 0.408 e. The fraction of sp³-hybridized carbons (Fsp3) is 0.469. The minimum Gasteiger partial charge on any atom is -0.480 e. The van der Waals surface area contributed by atoms with Crippen molar-refractivity contribution in [1.82, 2.24) is 21.3 Å². The lowest BCUT2D eigenvalue weighted by atomic mass is 10.0. The van der Waals surface area contributed by atoms with Gasteiger partial charge >= 0.3 is 18.2 Å². The Kier molecular flexibility index (Phi) is 14.2. The van der Waals surface area contributed by atoms with Gasteiger partial charge in [-0.15, -0.1) is 0 Å². The van der Waals surface area contributed by atoms with Gasteiger partial charge in [-0.1, -0.05) is 24.3 Å². The van der Waals surface area contributed by atoms with Crippen molar-refractivity contribution in [3.63, 3.8) is 0 Å². The summed E-state index contributed by atoms with van der Waals surface area (Å²) in [5.41, 5.74) is -1.29. The zero-order valence-electron chi connectivity index (χ0n) is 28.5. The van der Waals surface area contributed by atoms with E-state index in [4.69, 9.17) is 9.47 Å². The molecule has 2 aromatic carbocycles. The number of nitro benzene ring substituents is 2. The van der Waals surface area contributed by atoms with E-state index in [0.29, 0.717) is 11.1 Å². The number of benzene rings is 2. The van der Waals surface area contributed by atoms with Crippen LogP contribution in [-0.2, 0) is 36.7 Å². The number of aliphatic carboxylic acids is 1. The monoisotopic (exact) mass is 702 g/mol. The first-order valence-corrected chi connectivity index (χ1v) is 15.4. The van der Waals surface area contributed by atoms with Crippen molar-refractivity contribution in [3.05, 3.63) is 79.9 Å². The molecule has 3 atom stereocenters. The Balaban J connectivity index is 2.17. The van der Waals surface area contributed by atoms with E-state index in [1.54, 1.807) is 41.5 Å². The summed E-state index contributed by atoms with van der Waals surface area (Å²) in [6.45, 7) is 9.40. The van der Waals surface area contributed by atoms with Crippen LogP contribution in [0.5, 0.6) is 0 Å². The number of hydrogen-bond acceptors (Lipinski definition) is 11. The van der Waals surface area contributed by atoms with Gasteiger partial charge in [-0.3, -0.25) is 29.8 Å². The Hall–Kier alpha value is -5.81. The summed E-state index contributed by atoms with van der Waals surface area (Å²) in [5.74, 6) is -3.09. The second kappa shape index (κ2) is 17.5. The number of carboxylic acid groups (broad SMARTS) is 1. The lowest BCUT2D eigenvalue weighted by Crippen LogP contribution is -2.54. The second-order valence-corrected chi connectivity index (χ2v) is 13.1. The lowest BCUT2D eigenvalue weighted by molar-refractivity contribution is -0.385. The van der Waals surface area contributed by atoms with Crippen LogP contribution in [0.25, 0.3) is 0 Å². The number of carboxylic acids is 1. The number of alkyl carbamates (subject to hydrolysis) is 2. The van der Waals surface area contributed by atoms with Crippen LogP contribution in [0, 0.1) is 20.2 Å². The lowest BCUT2D eigenvalue weighted by Gasteiger charge is -2.25. The van der Waals surface area contributed by atoms with E-state index in [9.17, 15) is 49.3 Å². The summed E-state index contributed by atoms with van der Waals surface area (Å²) >= 11 is 0. The summed E-state index contributed by atoms with van der Waals surface area (Å²) in [6, 6.07) is 6.40. The van der Waals surface area contributed by atoms with Gasteiger partial charge in [0.25, 0.3) is 11.4 Å². The van der Waals surface area contributed by atoms with Gasteiger partial charge in [0.2, 0.25) is 11.8 Å². The summed E-state index contributed by atoms with van der Waals surface area (Å²) in [6.07, 6.45) is -2.46. The quantitative estimate of drug-likeness (QED) is 0.132. The van der Waals surface area contributed by atoms with Crippen molar-refractivity contribution in [3.8, 4) is 0 Å². The molecule has 2 aromatic rings. The number of carbonyl (C=O) groups excluding carboxylic acids is 4. The number of nitrogens with zero attached hydrogens (tertiary/aromatic N) is 2. The molecule has 272 valence electrons. The van der Waals surface area contributed by atoms with E-state index < -0.39 is 69.1 Å². The van der Waals surface area contributed by atoms with E-state index in [1.165, 1.54) is 48.5 Å². The van der Waals surface area contributed by atoms with Crippen molar-refractivity contribution < 1.29 is 48.4 Å². The summed E-state index contributed by atoms with van der Waals surface area (Å²) < 4.78 is 10.5. The van der Waals surface area contributed by atoms with Crippen LogP contribution < -0.4 is 21.3 Å². The number of carbonyl (C=O) groups is 5. The highest BCUT2D eigenvalue weighted by atomic mass is 16.6. The molecule has 0 aliphatic carbocycles. The van der Waals surface area contributed by atoms with E-state index in [-0.39, 0.29) is 37.2 Å². The normalized spacial score (nSPS) is 13.1. The predicted octanol–water partition coefficient (Wildman–Crippen LogP) is 3.15. The number of nitro groups is 2. The average molecular weight is 703 g/mol. The Morgan fingerprint density at radius 2 is 1.04 bits per heavy atom. The maximum Gasteiger partial charge on any atom is 0.408 e. The Bertz CT molecular complexity index is 1550. The SMILES string of the molecule is CC(C)(C)OC(=O)N[C@@H](Cc1ccc([N+](=O)[O-])cc1)C(=O)NCCC(NC(=O)[C@H](Cc1ccc([N+](=O)[O-])cc1)NC(=O)OC(C)(C)C)C(=O)O. The van der Waals surface area contributed by atoms with Crippen LogP contribution in [-0.4, -0.2) is 80.8 Å². The van der Waals surface area contributed by atoms with Crippen molar-refractivity contribution in [1.29, 1.82) is 0 Å². The number of non-ortho nitro benzene ring substituents is 2. The largest absolute Gasteiger partial charge is 0.480 e. The van der Waals surface area contributed by atoms with Gasteiger partial charge in [-0.25, -0.2) is 14.4 Å². The van der Waals surface area contributed by atoms with Crippen LogP contribution in [0.3, 0.4) is 0 Å². The number of ether oxygens (including phenoxy) is 2. The molecule has 0 saturated heterocycles. The van der Waals surface area contributed by atoms with Gasteiger partial charge in [0, 0.05) is 43.7 Å². The first-order chi connectivity index (χ1) is 23.1. The van der Waals surface area contributed by atoms with E-state index in [2.05, 4.69) is 21.3 Å². The summed E-state index contributed by atoms with van der Waals surface area (Å²) in [5, 5.41) is 41.6. The molecule has 5 N–H and O–H groups in total. The first kappa shape index (κ1) is 40.4. The zero-order chi connectivity index (χ0) is 37.8. The van der Waals surface area contributed by atoms with Crippen LogP contribution in [0.15, 0.2) is 48.5 Å². The van der Waals surface area contributed by atoms with Crippen molar-refractivity contribution in [2.45, 2.75) is 90.1 Å². The minimum atomic E-state index is -1.55. The first-order valence-electron chi connectivity index (χ1n) is 15.4. The van der Waals surface area contributed by atoms with Crippen LogP contribution in [0.2, 0.25) is 0 Å². The average Bonchev–Trinajstić information content (AvgIpc) is 2.98. The maximum atomic E-state index is 13.3. The Morgan fingerprint density at radius 1 is 0.660 bits per heavy atom. The van der Waals surface area contributed by atoms with Crippen molar-refractivity contribution >= 4 is 41.3 Å². The molecule has 0 bridgehead atoms. The maximum absolute atomic E-state index is 13.3. The van der Waals surface area contributed by atoms with Crippen LogP contribution in [0.1, 0.15) is 59.1 Å². The minimum absolute atomic E-state index is 0.0944. The van der Waals surface area contributed by atoms with Crippen molar-refractivity contribution in [2.75, 3.05) is 6.54 Å². The molecule has 0 aliphatic heterocycles. The molecule has 50 heavy (non-hydrogen) atoms. The highest BCUT2D eigenvalue weighted by Crippen LogP contribution is 2.16. The predicted molar refractivity (Wildman–Crippen MR) is 177 cm³/mol. The third-order valence-electron chi connectivity index (χ3n) is 6.54. The van der Waals surface area contributed by atoms with Gasteiger partial charge in [-0.05, 0) is 59.1 Å². The van der Waals surface area contributed by atoms with Gasteiger partial charge in [-0.2, -0.15) is 0 Å². The number of amides is 4. The van der Waals surface area contributed by atoms with E-state index >= 15 is 0 Å². The topological polar surface area (TPSA) is 258 Å². The van der Waals surface area contributed by atoms with Crippen molar-refractivity contribution in [2.24, 2.45) is 0 Å². The zero-order valence-corrected chi connectivity index (χ0v) is 28.5. The third kappa shape index (κ3) is 14.5. The Labute approximate surface area is 287 Å². The molecule has 0 aliphatic rings. The Morgan fingerprint density at radius 3 is 1.38 bits per heavy atom. The number of hydrogen-bond donors (Lipinski definition) is 5. The third-order valence-corrected chi connectivity index (χ3v) is 6.54. The van der Waals surface area contributed by atoms with Gasteiger partial charge in [0.15, 0.2) is 0 Å². The highest BCUT2D eigenvalue weighted by molar-refractivity contribution is 5.90. The van der Waals surface area contributed by atoms with E-state index in [0.717, 1.165) is 0 Å². The van der Waals surface area contributed by atoms with Gasteiger partial charge in [0.1, 0.15) is 29.3 Å². The molecule has 18 heteroatoms. The number of rotatable bonds is 15. The van der Waals surface area contributed by atoms with Crippen LogP contribution >= 0.6 is 0 Å². The highest BCUT2D eigenvalue weighted by Gasteiger charge is 2.30. The standard InChI is InChI=1S/C32H42N6O12/c1-31(2,3)49-29(43)35-24(17-19-7-11-21(12-8-19)37(45)46)26(39)33-16-15-23(28(41)42)34-27(40)25(36-30(44)50-32(4,5)6)18-20-9-13-22(14-10-20)38(47)48/h7-14,23-25H,15-18H2,1-6H3,(H,33,39)(H,34,40)(H,35,43)(H,36,44)(H,41,42)/t23?,24-,25-/m0/s1. The second-order valence-electron chi connectivity index (χ2n) is 13.1. The van der Waals surface area contributed by atoms with Gasteiger partial charge in [0.05, 0.1) is 9.85 Å². The molecule has 18 nitrogen and oxygen atoms in total. The molecule has 0 fully saturated rings. The van der Waals surface area contributed by atoms with Gasteiger partial charge < -0.3 is 35.8 Å². The molecular formula is C32H42N6O12. The fourth-order valence-corrected chi connectivity index (χ4v) is 4.29. The molecule has 0 spiro atoms. The molecule has 2 rings (SSSR count). The molecule has 0 heterocycles. The summed E-state index contributed by atoms with van der Waals surface area (Å²) in [7, 11) is 0. The molecule has 0 radical (unpaired) electrons. The molecule has 0 aromatic heterocycles. The van der Waals surface area contributed by atoms with E-state index in [1.807, 2.05) is 0 Å². The molecule has 4 amide bonds. The fourth-order valence-electron chi connectivity index (χ4n) is 4.29.